The molecule has 1 fully saturated rings. The van der Waals surface area contributed by atoms with Gasteiger partial charge in [-0.05, 0) is 98.8 Å². The molecule has 1 aliphatic carbocycles. The highest BCUT2D eigenvalue weighted by molar-refractivity contribution is 6.15. The number of piperidine rings is 1. The number of ketones is 1. The number of aromatic nitrogens is 2. The number of benzene rings is 3. The molecule has 0 saturated carbocycles. The summed E-state index contributed by atoms with van der Waals surface area (Å²) >= 11 is 0. The molecule has 1 saturated heterocycles. The number of nitrogens with two attached hydrogens (primary N) is 1. The monoisotopic (exact) mass is 584 g/mol. The van der Waals surface area contributed by atoms with E-state index in [-0.39, 0.29) is 34.8 Å². The third-order valence-corrected chi connectivity index (χ3v) is 8.21. The average Bonchev–Trinajstić information content (AvgIpc) is 3.57. The van der Waals surface area contributed by atoms with Crippen LogP contribution in [0.3, 0.4) is 0 Å². The Labute approximate surface area is 249 Å². The van der Waals surface area contributed by atoms with E-state index in [4.69, 9.17) is 15.2 Å². The van der Waals surface area contributed by atoms with Crippen molar-refractivity contribution in [1.82, 2.24) is 14.7 Å². The molecular formula is C34H34F2N4O3. The van der Waals surface area contributed by atoms with E-state index in [0.29, 0.717) is 29.5 Å². The summed E-state index contributed by atoms with van der Waals surface area (Å²) in [6.45, 7) is 8.05. The van der Waals surface area contributed by atoms with Crippen LogP contribution in [0.15, 0.2) is 66.4 Å². The van der Waals surface area contributed by atoms with E-state index in [0.717, 1.165) is 42.6 Å². The molecule has 0 amide bonds. The van der Waals surface area contributed by atoms with Crippen LogP contribution >= 0.6 is 0 Å². The highest BCUT2D eigenvalue weighted by Gasteiger charge is 2.27. The maximum absolute atomic E-state index is 15.0. The maximum Gasteiger partial charge on any atom is 0.194 e. The lowest BCUT2D eigenvalue weighted by Crippen LogP contribution is -2.41. The van der Waals surface area contributed by atoms with Gasteiger partial charge in [0.1, 0.15) is 17.7 Å². The van der Waals surface area contributed by atoms with Gasteiger partial charge in [-0.15, -0.1) is 0 Å². The molecular weight excluding hydrogens is 550 g/mol. The Kier molecular flexibility index (Phi) is 7.75. The molecule has 0 atom stereocenters. The van der Waals surface area contributed by atoms with E-state index in [2.05, 4.69) is 23.8 Å². The van der Waals surface area contributed by atoms with Crippen molar-refractivity contribution in [1.29, 1.82) is 0 Å². The summed E-state index contributed by atoms with van der Waals surface area (Å²) in [5.41, 5.74) is 10.1. The van der Waals surface area contributed by atoms with Crippen LogP contribution in [0.5, 0.6) is 17.2 Å². The minimum Gasteiger partial charge on any atom is -0.487 e. The van der Waals surface area contributed by atoms with Gasteiger partial charge >= 0.3 is 0 Å². The number of carbonyl (C=O) groups excluding carboxylic acids is 1. The normalized spacial score (nSPS) is 15.4. The highest BCUT2D eigenvalue weighted by atomic mass is 19.1. The van der Waals surface area contributed by atoms with Crippen molar-refractivity contribution in [2.45, 2.75) is 52.2 Å². The molecule has 0 unspecified atom stereocenters. The van der Waals surface area contributed by atoms with Crippen molar-refractivity contribution in [3.63, 3.8) is 0 Å². The molecule has 1 aliphatic heterocycles. The number of hydrogen-bond donors (Lipinski definition) is 1. The van der Waals surface area contributed by atoms with Crippen LogP contribution < -0.4 is 15.2 Å². The summed E-state index contributed by atoms with van der Waals surface area (Å²) in [4.78, 5) is 15.9. The Morgan fingerprint density at radius 1 is 1.02 bits per heavy atom. The summed E-state index contributed by atoms with van der Waals surface area (Å²) in [5, 5.41) is 4.38. The SMILES string of the molecule is Cc1cc(Oc2ccccc2F)ccc1-n1ncc(C(=O)C2=Cc3cc(OC4CCN(C(C)C)CC4)c(F)cc3C2)c1N. The number of nitrogens with zero attached hydrogens (tertiary/aromatic N) is 3. The van der Waals surface area contributed by atoms with Crippen LogP contribution in [0.4, 0.5) is 14.6 Å². The molecule has 2 aliphatic rings. The molecule has 0 bridgehead atoms. The van der Waals surface area contributed by atoms with Gasteiger partial charge in [-0.1, -0.05) is 12.1 Å². The van der Waals surface area contributed by atoms with Gasteiger partial charge in [-0.2, -0.15) is 5.10 Å². The van der Waals surface area contributed by atoms with Crippen molar-refractivity contribution >= 4 is 17.7 Å². The van der Waals surface area contributed by atoms with E-state index in [1.54, 1.807) is 48.5 Å². The number of nitrogen functional groups attached to an aromatic ring is 1. The number of aryl methyl sites for hydroxylation is 1. The van der Waals surface area contributed by atoms with E-state index in [9.17, 15) is 9.18 Å². The summed E-state index contributed by atoms with van der Waals surface area (Å²) in [6.07, 6.45) is 5.18. The van der Waals surface area contributed by atoms with Gasteiger partial charge in [0.15, 0.2) is 28.9 Å². The van der Waals surface area contributed by atoms with E-state index in [1.165, 1.54) is 23.0 Å². The molecule has 4 aromatic rings. The Morgan fingerprint density at radius 2 is 1.79 bits per heavy atom. The smallest absolute Gasteiger partial charge is 0.194 e. The molecule has 2 heterocycles. The zero-order chi connectivity index (χ0) is 30.2. The minimum atomic E-state index is -0.457. The third kappa shape index (κ3) is 5.77. The summed E-state index contributed by atoms with van der Waals surface area (Å²) in [6, 6.07) is 15.0. The maximum atomic E-state index is 15.0. The van der Waals surface area contributed by atoms with Gasteiger partial charge in [0, 0.05) is 31.1 Å². The highest BCUT2D eigenvalue weighted by Crippen LogP contribution is 2.35. The number of hydrogen-bond acceptors (Lipinski definition) is 6. The predicted molar refractivity (Wildman–Crippen MR) is 162 cm³/mol. The van der Waals surface area contributed by atoms with Crippen LogP contribution in [0.1, 0.15) is 53.7 Å². The number of halogens is 2. The number of anilines is 1. The van der Waals surface area contributed by atoms with Gasteiger partial charge in [-0.3, -0.25) is 4.79 Å². The Balaban J connectivity index is 1.17. The molecule has 7 nitrogen and oxygen atoms in total. The largest absolute Gasteiger partial charge is 0.487 e. The first-order valence-electron chi connectivity index (χ1n) is 14.5. The lowest BCUT2D eigenvalue weighted by atomic mass is 10.0. The van der Waals surface area contributed by atoms with Gasteiger partial charge in [0.05, 0.1) is 17.4 Å². The first kappa shape index (κ1) is 28.6. The molecule has 9 heteroatoms. The van der Waals surface area contributed by atoms with Gasteiger partial charge in [-0.25, -0.2) is 13.5 Å². The second-order valence-electron chi connectivity index (χ2n) is 11.4. The van der Waals surface area contributed by atoms with E-state index >= 15 is 4.39 Å². The number of rotatable bonds is 8. The molecule has 222 valence electrons. The van der Waals surface area contributed by atoms with Crippen molar-refractivity contribution in [3.8, 4) is 22.9 Å². The molecule has 1 aromatic heterocycles. The number of likely N-dealkylation sites (tertiary alicyclic amines) is 1. The Bertz CT molecular complexity index is 1720. The van der Waals surface area contributed by atoms with Crippen LogP contribution in [-0.2, 0) is 6.42 Å². The predicted octanol–water partition coefficient (Wildman–Crippen LogP) is 6.91. The van der Waals surface area contributed by atoms with Crippen LogP contribution in [0.2, 0.25) is 0 Å². The van der Waals surface area contributed by atoms with E-state index < -0.39 is 11.6 Å². The van der Waals surface area contributed by atoms with Crippen LogP contribution in [0.25, 0.3) is 11.8 Å². The van der Waals surface area contributed by atoms with E-state index in [1.807, 2.05) is 6.92 Å². The summed E-state index contributed by atoms with van der Waals surface area (Å²) < 4.78 is 42.3. The van der Waals surface area contributed by atoms with Crippen molar-refractivity contribution in [2.75, 3.05) is 18.8 Å². The van der Waals surface area contributed by atoms with Gasteiger partial charge in [0.2, 0.25) is 0 Å². The zero-order valence-electron chi connectivity index (χ0n) is 24.4. The summed E-state index contributed by atoms with van der Waals surface area (Å²) in [5.74, 6) is -0.150. The molecule has 0 radical (unpaired) electrons. The molecule has 3 aromatic carbocycles. The van der Waals surface area contributed by atoms with Crippen LogP contribution in [0, 0.1) is 18.6 Å². The summed E-state index contributed by atoms with van der Waals surface area (Å²) in [7, 11) is 0. The third-order valence-electron chi connectivity index (χ3n) is 8.21. The lowest BCUT2D eigenvalue weighted by Gasteiger charge is -2.34. The topological polar surface area (TPSA) is 82.6 Å². The van der Waals surface area contributed by atoms with Gasteiger partial charge < -0.3 is 20.1 Å². The van der Waals surface area contributed by atoms with Crippen molar-refractivity contribution in [3.05, 3.63) is 100 Å². The minimum absolute atomic E-state index is 0.0386. The number of carbonyl (C=O) groups is 1. The molecule has 43 heavy (non-hydrogen) atoms. The quantitative estimate of drug-likeness (QED) is 0.227. The zero-order valence-corrected chi connectivity index (χ0v) is 24.4. The number of ether oxygens (including phenoxy) is 2. The average molecular weight is 585 g/mol. The fourth-order valence-electron chi connectivity index (χ4n) is 5.75. The fraction of sp³-hybridized carbons (Fsp3) is 0.294. The second kappa shape index (κ2) is 11.6. The second-order valence-corrected chi connectivity index (χ2v) is 11.4. The number of Topliss-reactive ketones (excluding diaryl/α,β-unsaturated/α-hetero) is 1. The molecule has 2 N–H and O–H groups in total. The fourth-order valence-corrected chi connectivity index (χ4v) is 5.75. The number of para-hydroxylation sites is 1. The van der Waals surface area contributed by atoms with Gasteiger partial charge in [0.25, 0.3) is 0 Å². The van der Waals surface area contributed by atoms with Crippen molar-refractivity contribution in [2.24, 2.45) is 0 Å². The first-order valence-corrected chi connectivity index (χ1v) is 14.5. The number of allylic oxidation sites excluding steroid dienone is 1. The standard InChI is InChI=1S/C34H34F2N4O3/c1-20(2)39-12-10-25(11-13-39)42-32-18-23-16-24(15-22(23)17-29(32)36)33(41)27-19-38-40(34(27)37)30-9-8-26(14-21(30)3)43-31-7-5-4-6-28(31)35/h4-9,14,16-20,25H,10-13,15,37H2,1-3H3. The Morgan fingerprint density at radius 3 is 2.51 bits per heavy atom. The Hall–Kier alpha value is -4.50. The van der Waals surface area contributed by atoms with Crippen molar-refractivity contribution < 1.29 is 23.0 Å². The lowest BCUT2D eigenvalue weighted by molar-refractivity contribution is 0.0815. The van der Waals surface area contributed by atoms with Crippen LogP contribution in [-0.4, -0.2) is 45.7 Å². The molecule has 0 spiro atoms. The molecule has 6 rings (SSSR count). The first-order chi connectivity index (χ1) is 20.7. The number of fused-ring (bicyclic) bond motifs is 1.